The summed E-state index contributed by atoms with van der Waals surface area (Å²) in [5, 5.41) is 2.93. The molecule has 1 aliphatic heterocycles. The fourth-order valence-electron chi connectivity index (χ4n) is 3.09. The van der Waals surface area contributed by atoms with E-state index in [1.807, 2.05) is 48.2 Å². The third-order valence-corrected chi connectivity index (χ3v) is 4.57. The predicted molar refractivity (Wildman–Crippen MR) is 97.5 cm³/mol. The Morgan fingerprint density at radius 2 is 1.92 bits per heavy atom. The lowest BCUT2D eigenvalue weighted by Gasteiger charge is -2.18. The van der Waals surface area contributed by atoms with E-state index in [2.05, 4.69) is 10.3 Å². The molecule has 0 unspecified atom stereocenters. The van der Waals surface area contributed by atoms with Crippen molar-refractivity contribution in [3.05, 3.63) is 59.4 Å². The van der Waals surface area contributed by atoms with Gasteiger partial charge in [0.05, 0.1) is 0 Å². The number of aryl methyl sites for hydroxylation is 1. The molecule has 25 heavy (non-hydrogen) atoms. The number of pyridine rings is 1. The monoisotopic (exact) mass is 337 g/mol. The van der Waals surface area contributed by atoms with E-state index in [-0.39, 0.29) is 11.8 Å². The van der Waals surface area contributed by atoms with E-state index in [4.69, 9.17) is 0 Å². The molecule has 0 aliphatic carbocycles. The number of aromatic nitrogens is 1. The summed E-state index contributed by atoms with van der Waals surface area (Å²) in [6.07, 6.45) is 4.81. The van der Waals surface area contributed by atoms with Gasteiger partial charge in [-0.25, -0.2) is 0 Å². The SMILES string of the molecule is Cc1c(NC(=O)CCc2ccccn2)cccc1C(=O)N1CCCC1. The van der Waals surface area contributed by atoms with Gasteiger partial charge in [0.25, 0.3) is 5.91 Å². The average Bonchev–Trinajstić information content (AvgIpc) is 3.17. The summed E-state index contributed by atoms with van der Waals surface area (Å²) in [7, 11) is 0. The van der Waals surface area contributed by atoms with Gasteiger partial charge in [-0.15, -0.1) is 0 Å². The molecule has 1 aliphatic rings. The number of likely N-dealkylation sites (tertiary alicyclic amines) is 1. The largest absolute Gasteiger partial charge is 0.339 e. The van der Waals surface area contributed by atoms with E-state index in [0.717, 1.165) is 37.2 Å². The van der Waals surface area contributed by atoms with Crippen LogP contribution in [0.25, 0.3) is 0 Å². The molecule has 1 fully saturated rings. The number of carbonyl (C=O) groups excluding carboxylic acids is 2. The minimum absolute atomic E-state index is 0.0552. The van der Waals surface area contributed by atoms with Crippen molar-refractivity contribution in [3.8, 4) is 0 Å². The zero-order valence-corrected chi connectivity index (χ0v) is 14.5. The molecule has 5 heteroatoms. The molecule has 1 aromatic heterocycles. The molecule has 0 atom stereocenters. The summed E-state index contributed by atoms with van der Waals surface area (Å²) in [4.78, 5) is 31.0. The van der Waals surface area contributed by atoms with Crippen LogP contribution in [0.3, 0.4) is 0 Å². The van der Waals surface area contributed by atoms with Gasteiger partial charge >= 0.3 is 0 Å². The number of hydrogen-bond donors (Lipinski definition) is 1. The molecule has 1 aromatic carbocycles. The molecule has 0 spiro atoms. The van der Waals surface area contributed by atoms with Crippen molar-refractivity contribution >= 4 is 17.5 Å². The van der Waals surface area contributed by atoms with Crippen LogP contribution in [0.5, 0.6) is 0 Å². The highest BCUT2D eigenvalue weighted by atomic mass is 16.2. The zero-order valence-electron chi connectivity index (χ0n) is 14.5. The second kappa shape index (κ2) is 7.92. The summed E-state index contributed by atoms with van der Waals surface area (Å²) in [5.74, 6) is -0.0147. The lowest BCUT2D eigenvalue weighted by molar-refractivity contribution is -0.116. The number of hydrogen-bond acceptors (Lipinski definition) is 3. The van der Waals surface area contributed by atoms with Crippen molar-refractivity contribution in [1.29, 1.82) is 0 Å². The Bertz CT molecular complexity index is 753. The molecule has 2 aromatic rings. The summed E-state index contributed by atoms with van der Waals surface area (Å²) < 4.78 is 0. The standard InChI is InChI=1S/C20H23N3O2/c1-15-17(20(25)23-13-4-5-14-23)8-6-9-18(15)22-19(24)11-10-16-7-2-3-12-21-16/h2-3,6-9,12H,4-5,10-11,13-14H2,1H3,(H,22,24). The molecule has 5 nitrogen and oxygen atoms in total. The molecular weight excluding hydrogens is 314 g/mol. The first-order valence-corrected chi connectivity index (χ1v) is 8.74. The van der Waals surface area contributed by atoms with E-state index in [9.17, 15) is 9.59 Å². The Balaban J connectivity index is 1.65. The molecule has 0 bridgehead atoms. The fourth-order valence-corrected chi connectivity index (χ4v) is 3.09. The zero-order chi connectivity index (χ0) is 17.6. The van der Waals surface area contributed by atoms with Crippen LogP contribution in [-0.2, 0) is 11.2 Å². The number of rotatable bonds is 5. The van der Waals surface area contributed by atoms with Crippen LogP contribution in [0.2, 0.25) is 0 Å². The molecule has 3 rings (SSSR count). The quantitative estimate of drug-likeness (QED) is 0.911. The number of nitrogens with zero attached hydrogens (tertiary/aromatic N) is 2. The maximum Gasteiger partial charge on any atom is 0.254 e. The van der Waals surface area contributed by atoms with Crippen molar-refractivity contribution in [2.45, 2.75) is 32.6 Å². The van der Waals surface area contributed by atoms with Crippen LogP contribution in [0, 0.1) is 6.92 Å². The lowest BCUT2D eigenvalue weighted by Crippen LogP contribution is -2.28. The van der Waals surface area contributed by atoms with Crippen LogP contribution in [0.1, 0.15) is 40.9 Å². The number of nitrogens with one attached hydrogen (secondary N) is 1. The minimum Gasteiger partial charge on any atom is -0.339 e. The Kier molecular flexibility index (Phi) is 5.43. The summed E-state index contributed by atoms with van der Waals surface area (Å²) >= 11 is 0. The maximum absolute atomic E-state index is 12.6. The van der Waals surface area contributed by atoms with E-state index in [1.165, 1.54) is 0 Å². The van der Waals surface area contributed by atoms with Crippen molar-refractivity contribution in [2.75, 3.05) is 18.4 Å². The van der Waals surface area contributed by atoms with Crippen molar-refractivity contribution in [2.24, 2.45) is 0 Å². The average molecular weight is 337 g/mol. The van der Waals surface area contributed by atoms with Crippen LogP contribution in [0.15, 0.2) is 42.6 Å². The van der Waals surface area contributed by atoms with E-state index in [1.54, 1.807) is 6.20 Å². The summed E-state index contributed by atoms with van der Waals surface area (Å²) in [5.41, 5.74) is 3.10. The van der Waals surface area contributed by atoms with Gasteiger partial charge in [0.2, 0.25) is 5.91 Å². The summed E-state index contributed by atoms with van der Waals surface area (Å²) in [6, 6.07) is 11.2. The molecule has 130 valence electrons. The third kappa shape index (κ3) is 4.24. The van der Waals surface area contributed by atoms with E-state index in [0.29, 0.717) is 24.1 Å². The summed E-state index contributed by atoms with van der Waals surface area (Å²) in [6.45, 7) is 3.52. The van der Waals surface area contributed by atoms with Gasteiger partial charge in [-0.05, 0) is 56.0 Å². The first kappa shape index (κ1) is 17.1. The normalized spacial score (nSPS) is 13.7. The molecule has 2 amide bonds. The number of benzene rings is 1. The lowest BCUT2D eigenvalue weighted by atomic mass is 10.1. The predicted octanol–water partition coefficient (Wildman–Crippen LogP) is 3.20. The molecular formula is C20H23N3O2. The first-order valence-electron chi connectivity index (χ1n) is 8.74. The van der Waals surface area contributed by atoms with Crippen molar-refractivity contribution in [1.82, 2.24) is 9.88 Å². The molecule has 1 saturated heterocycles. The molecule has 2 heterocycles. The van der Waals surface area contributed by atoms with Crippen molar-refractivity contribution < 1.29 is 9.59 Å². The highest BCUT2D eigenvalue weighted by molar-refractivity contribution is 5.99. The topological polar surface area (TPSA) is 62.3 Å². The van der Waals surface area contributed by atoms with Gasteiger partial charge in [0.15, 0.2) is 0 Å². The third-order valence-electron chi connectivity index (χ3n) is 4.57. The van der Waals surface area contributed by atoms with E-state index < -0.39 is 0 Å². The number of amides is 2. The highest BCUT2D eigenvalue weighted by Crippen LogP contribution is 2.22. The highest BCUT2D eigenvalue weighted by Gasteiger charge is 2.21. The van der Waals surface area contributed by atoms with Gasteiger partial charge in [-0.3, -0.25) is 14.6 Å². The second-order valence-corrected chi connectivity index (χ2v) is 6.35. The molecule has 0 saturated carbocycles. The molecule has 0 radical (unpaired) electrons. The van der Waals surface area contributed by atoms with Crippen molar-refractivity contribution in [3.63, 3.8) is 0 Å². The Morgan fingerprint density at radius 3 is 2.64 bits per heavy atom. The van der Waals surface area contributed by atoms with Crippen LogP contribution in [-0.4, -0.2) is 34.8 Å². The van der Waals surface area contributed by atoms with Crippen LogP contribution >= 0.6 is 0 Å². The van der Waals surface area contributed by atoms with E-state index >= 15 is 0 Å². The minimum atomic E-state index is -0.0699. The van der Waals surface area contributed by atoms with Crippen LogP contribution < -0.4 is 5.32 Å². The Labute approximate surface area is 148 Å². The smallest absolute Gasteiger partial charge is 0.254 e. The second-order valence-electron chi connectivity index (χ2n) is 6.35. The number of anilines is 1. The Morgan fingerprint density at radius 1 is 1.12 bits per heavy atom. The van der Waals surface area contributed by atoms with Crippen LogP contribution in [0.4, 0.5) is 5.69 Å². The Hall–Kier alpha value is -2.69. The molecule has 1 N–H and O–H groups in total. The van der Waals surface area contributed by atoms with Gasteiger partial charge in [0.1, 0.15) is 0 Å². The van der Waals surface area contributed by atoms with Gasteiger partial charge in [0, 0.05) is 42.7 Å². The number of carbonyl (C=O) groups is 2. The first-order chi connectivity index (χ1) is 12.1. The van der Waals surface area contributed by atoms with Gasteiger partial charge < -0.3 is 10.2 Å². The fraction of sp³-hybridized carbons (Fsp3) is 0.350. The van der Waals surface area contributed by atoms with Gasteiger partial charge in [-0.1, -0.05) is 12.1 Å². The van der Waals surface area contributed by atoms with Gasteiger partial charge in [-0.2, -0.15) is 0 Å². The maximum atomic E-state index is 12.6.